The van der Waals surface area contributed by atoms with Crippen molar-refractivity contribution in [3.05, 3.63) is 45.9 Å². The Morgan fingerprint density at radius 3 is 2.58 bits per heavy atom. The van der Waals surface area contributed by atoms with Gasteiger partial charge >= 0.3 is 5.69 Å². The molecular formula is C18H21F2N3O3. The molecule has 0 fully saturated rings. The average molecular weight is 365 g/mol. The van der Waals surface area contributed by atoms with Crippen molar-refractivity contribution in [2.45, 2.75) is 39.5 Å². The highest BCUT2D eigenvalue weighted by molar-refractivity contribution is 5.44. The van der Waals surface area contributed by atoms with Crippen LogP contribution in [0.4, 0.5) is 14.6 Å². The molecule has 0 saturated carbocycles. The SMILES string of the molecule is CCOc1c(F)cc(COc2cc3n(c(=O)n2)CC[C@@H](C)N3C)cc1F. The first-order valence-electron chi connectivity index (χ1n) is 8.49. The van der Waals surface area contributed by atoms with E-state index in [1.807, 2.05) is 11.9 Å². The van der Waals surface area contributed by atoms with Gasteiger partial charge in [0, 0.05) is 25.7 Å². The van der Waals surface area contributed by atoms with Crippen molar-refractivity contribution >= 4 is 5.82 Å². The van der Waals surface area contributed by atoms with Crippen LogP contribution in [-0.4, -0.2) is 29.2 Å². The van der Waals surface area contributed by atoms with Crippen LogP contribution in [0, 0.1) is 11.6 Å². The summed E-state index contributed by atoms with van der Waals surface area (Å²) in [6.45, 7) is 4.37. The van der Waals surface area contributed by atoms with E-state index in [0.29, 0.717) is 18.4 Å². The first-order valence-corrected chi connectivity index (χ1v) is 8.49. The second-order valence-corrected chi connectivity index (χ2v) is 6.25. The smallest absolute Gasteiger partial charge is 0.352 e. The number of hydrogen-bond acceptors (Lipinski definition) is 5. The number of ether oxygens (including phenoxy) is 2. The molecule has 1 aliphatic rings. The van der Waals surface area contributed by atoms with Gasteiger partial charge in [0.25, 0.3) is 0 Å². The number of anilines is 1. The molecule has 1 aliphatic heterocycles. The number of nitrogens with zero attached hydrogens (tertiary/aromatic N) is 3. The van der Waals surface area contributed by atoms with Gasteiger partial charge in [0.2, 0.25) is 5.88 Å². The Hall–Kier alpha value is -2.64. The third-order valence-electron chi connectivity index (χ3n) is 4.49. The molecule has 1 aromatic carbocycles. The lowest BCUT2D eigenvalue weighted by Crippen LogP contribution is -2.41. The summed E-state index contributed by atoms with van der Waals surface area (Å²) in [5, 5.41) is 0. The van der Waals surface area contributed by atoms with Gasteiger partial charge in [-0.3, -0.25) is 4.57 Å². The Morgan fingerprint density at radius 2 is 1.92 bits per heavy atom. The monoisotopic (exact) mass is 365 g/mol. The molecule has 140 valence electrons. The topological polar surface area (TPSA) is 56.6 Å². The van der Waals surface area contributed by atoms with Gasteiger partial charge in [0.1, 0.15) is 12.4 Å². The zero-order valence-electron chi connectivity index (χ0n) is 15.0. The molecule has 0 saturated heterocycles. The first-order chi connectivity index (χ1) is 12.4. The van der Waals surface area contributed by atoms with Crippen LogP contribution in [0.3, 0.4) is 0 Å². The van der Waals surface area contributed by atoms with Crippen molar-refractivity contribution < 1.29 is 18.3 Å². The molecule has 8 heteroatoms. The molecule has 0 radical (unpaired) electrons. The number of fused-ring (bicyclic) bond motifs is 1. The van der Waals surface area contributed by atoms with Crippen LogP contribution >= 0.6 is 0 Å². The molecule has 26 heavy (non-hydrogen) atoms. The van der Waals surface area contributed by atoms with Gasteiger partial charge < -0.3 is 14.4 Å². The van der Waals surface area contributed by atoms with E-state index < -0.39 is 23.1 Å². The Bertz CT molecular complexity index is 846. The molecule has 6 nitrogen and oxygen atoms in total. The van der Waals surface area contributed by atoms with E-state index in [1.165, 1.54) is 0 Å². The zero-order valence-corrected chi connectivity index (χ0v) is 15.0. The summed E-state index contributed by atoms with van der Waals surface area (Å²) < 4.78 is 39.8. The van der Waals surface area contributed by atoms with E-state index in [-0.39, 0.29) is 24.7 Å². The van der Waals surface area contributed by atoms with Crippen molar-refractivity contribution in [2.24, 2.45) is 0 Å². The summed E-state index contributed by atoms with van der Waals surface area (Å²) in [4.78, 5) is 18.1. The molecule has 1 aromatic heterocycles. The highest BCUT2D eigenvalue weighted by Gasteiger charge is 2.22. The summed E-state index contributed by atoms with van der Waals surface area (Å²) in [5.74, 6) is -1.16. The van der Waals surface area contributed by atoms with Crippen molar-refractivity contribution in [3.8, 4) is 11.6 Å². The number of hydrogen-bond donors (Lipinski definition) is 0. The summed E-state index contributed by atoms with van der Waals surface area (Å²) >= 11 is 0. The van der Waals surface area contributed by atoms with Crippen molar-refractivity contribution in [3.63, 3.8) is 0 Å². The van der Waals surface area contributed by atoms with Crippen LogP contribution < -0.4 is 20.1 Å². The van der Waals surface area contributed by atoms with E-state index in [0.717, 1.165) is 18.6 Å². The lowest BCUT2D eigenvalue weighted by Gasteiger charge is -2.34. The molecule has 0 unspecified atom stereocenters. The van der Waals surface area contributed by atoms with Gasteiger partial charge in [0.05, 0.1) is 6.61 Å². The van der Waals surface area contributed by atoms with Gasteiger partial charge in [0.15, 0.2) is 17.4 Å². The highest BCUT2D eigenvalue weighted by Crippen LogP contribution is 2.26. The Kier molecular flexibility index (Phi) is 5.11. The van der Waals surface area contributed by atoms with Gasteiger partial charge in [-0.15, -0.1) is 0 Å². The van der Waals surface area contributed by atoms with E-state index >= 15 is 0 Å². The zero-order chi connectivity index (χ0) is 18.8. The molecule has 0 aliphatic carbocycles. The van der Waals surface area contributed by atoms with E-state index in [1.54, 1.807) is 17.6 Å². The van der Waals surface area contributed by atoms with E-state index in [4.69, 9.17) is 9.47 Å². The maximum absolute atomic E-state index is 13.9. The van der Waals surface area contributed by atoms with Crippen molar-refractivity contribution in [1.29, 1.82) is 0 Å². The second kappa shape index (κ2) is 7.31. The normalized spacial score (nSPS) is 16.3. The highest BCUT2D eigenvalue weighted by atomic mass is 19.1. The minimum Gasteiger partial charge on any atom is -0.488 e. The summed E-state index contributed by atoms with van der Waals surface area (Å²) in [6.07, 6.45) is 0.857. The maximum Gasteiger partial charge on any atom is 0.352 e. The van der Waals surface area contributed by atoms with Gasteiger partial charge in [-0.2, -0.15) is 4.98 Å². The number of aromatic nitrogens is 2. The van der Waals surface area contributed by atoms with E-state index in [9.17, 15) is 13.6 Å². The van der Waals surface area contributed by atoms with Gasteiger partial charge in [-0.1, -0.05) is 0 Å². The third-order valence-corrected chi connectivity index (χ3v) is 4.49. The Morgan fingerprint density at radius 1 is 1.23 bits per heavy atom. The summed E-state index contributed by atoms with van der Waals surface area (Å²) in [6, 6.07) is 4.25. The first kappa shape index (κ1) is 18.2. The fourth-order valence-electron chi connectivity index (χ4n) is 2.92. The molecule has 2 aromatic rings. The second-order valence-electron chi connectivity index (χ2n) is 6.25. The number of benzene rings is 1. The fraction of sp³-hybridized carbons (Fsp3) is 0.444. The average Bonchev–Trinajstić information content (AvgIpc) is 2.60. The molecule has 0 spiro atoms. The molecular weight excluding hydrogens is 344 g/mol. The van der Waals surface area contributed by atoms with Crippen LogP contribution in [0.15, 0.2) is 23.0 Å². The number of rotatable bonds is 5. The fourth-order valence-corrected chi connectivity index (χ4v) is 2.92. The Labute approximate surface area is 150 Å². The standard InChI is InChI=1S/C18H21F2N3O3/c1-4-25-17-13(19)7-12(8-14(17)20)10-26-15-9-16-22(3)11(2)5-6-23(16)18(24)21-15/h7-9,11H,4-6,10H2,1-3H3/t11-/m1/s1. The lowest BCUT2D eigenvalue weighted by molar-refractivity contribution is 0.283. The molecule has 1 atom stereocenters. The van der Waals surface area contributed by atoms with Crippen LogP contribution in [-0.2, 0) is 13.2 Å². The van der Waals surface area contributed by atoms with E-state index in [2.05, 4.69) is 11.9 Å². The predicted octanol–water partition coefficient (Wildman–Crippen LogP) is 2.73. The third kappa shape index (κ3) is 3.49. The van der Waals surface area contributed by atoms with Crippen LogP contribution in [0.2, 0.25) is 0 Å². The van der Waals surface area contributed by atoms with Gasteiger partial charge in [-0.05, 0) is 38.0 Å². The predicted molar refractivity (Wildman–Crippen MR) is 92.8 cm³/mol. The van der Waals surface area contributed by atoms with Crippen molar-refractivity contribution in [2.75, 3.05) is 18.6 Å². The van der Waals surface area contributed by atoms with Crippen LogP contribution in [0.25, 0.3) is 0 Å². The quantitative estimate of drug-likeness (QED) is 0.816. The van der Waals surface area contributed by atoms with Gasteiger partial charge in [-0.25, -0.2) is 13.6 Å². The summed E-state index contributed by atoms with van der Waals surface area (Å²) in [5.41, 5.74) is -0.120. The lowest BCUT2D eigenvalue weighted by atomic mass is 10.1. The molecule has 0 bridgehead atoms. The minimum atomic E-state index is -0.794. The molecule has 0 N–H and O–H groups in total. The molecule has 3 rings (SSSR count). The largest absolute Gasteiger partial charge is 0.488 e. The minimum absolute atomic E-state index is 0.116. The molecule has 0 amide bonds. The summed E-state index contributed by atoms with van der Waals surface area (Å²) in [7, 11) is 1.90. The number of halogens is 2. The Balaban J connectivity index is 1.81. The van der Waals surface area contributed by atoms with Crippen LogP contribution in [0.5, 0.6) is 11.6 Å². The van der Waals surface area contributed by atoms with Crippen molar-refractivity contribution in [1.82, 2.24) is 9.55 Å². The maximum atomic E-state index is 13.9. The molecule has 2 heterocycles. The van der Waals surface area contributed by atoms with Crippen LogP contribution in [0.1, 0.15) is 25.8 Å².